The molecule has 0 bridgehead atoms. The first-order valence-corrected chi connectivity index (χ1v) is 11.9. The van der Waals surface area contributed by atoms with E-state index in [1.54, 1.807) is 11.1 Å². The lowest BCUT2D eigenvalue weighted by Crippen LogP contribution is -2.55. The summed E-state index contributed by atoms with van der Waals surface area (Å²) in [6, 6.07) is 1.78. The van der Waals surface area contributed by atoms with E-state index in [-0.39, 0.29) is 11.8 Å². The topological polar surface area (TPSA) is 95.6 Å². The van der Waals surface area contributed by atoms with Gasteiger partial charge in [0.05, 0.1) is 31.0 Å². The summed E-state index contributed by atoms with van der Waals surface area (Å²) in [5, 5.41) is 3.72. The predicted molar refractivity (Wildman–Crippen MR) is 124 cm³/mol. The third-order valence-corrected chi connectivity index (χ3v) is 7.34. The number of anilines is 1. The Morgan fingerprint density at radius 1 is 1.29 bits per heavy atom. The Bertz CT molecular complexity index is 1200. The number of fused-ring (bicyclic) bond motifs is 4. The standard InChI is InChI=1S/C23H25ClFN7O2/c1-22(30-21(33)31-5-7-34-8-6-31)4-2-3-15(10-22)28-18-17(25)12-27-20(29-18)23-13-32(23)19-16(23)9-14(24)11-26-19/h9,11-12H,2-8,10,13H2,1H3,(H,30,33)/b28-15+/t22-,23?,32?/m0/s1. The Labute approximate surface area is 201 Å². The molecule has 3 fully saturated rings. The molecule has 1 N–H and O–H groups in total. The zero-order valence-electron chi connectivity index (χ0n) is 18.9. The van der Waals surface area contributed by atoms with Crippen molar-refractivity contribution in [2.24, 2.45) is 4.99 Å². The lowest BCUT2D eigenvalue weighted by molar-refractivity contribution is 0.0509. The molecule has 9 nitrogen and oxygen atoms in total. The molecule has 3 aliphatic heterocycles. The predicted octanol–water partition coefficient (Wildman–Crippen LogP) is 3.19. The second kappa shape index (κ2) is 7.84. The number of ether oxygens (including phenoxy) is 1. The summed E-state index contributed by atoms with van der Waals surface area (Å²) in [6.07, 6.45) is 5.77. The monoisotopic (exact) mass is 485 g/mol. The van der Waals surface area contributed by atoms with Crippen molar-refractivity contribution in [2.45, 2.75) is 43.7 Å². The quantitative estimate of drug-likeness (QED) is 0.671. The average Bonchev–Trinajstić information content (AvgIpc) is 3.49. The lowest BCUT2D eigenvalue weighted by Gasteiger charge is -2.38. The summed E-state index contributed by atoms with van der Waals surface area (Å²) < 4.78 is 20.0. The second-order valence-corrected chi connectivity index (χ2v) is 10.1. The minimum atomic E-state index is -0.562. The number of urea groups is 1. The van der Waals surface area contributed by atoms with Crippen molar-refractivity contribution >= 4 is 35.0 Å². The van der Waals surface area contributed by atoms with Crippen molar-refractivity contribution in [1.82, 2.24) is 25.2 Å². The molecular formula is C23H25ClFN7O2. The van der Waals surface area contributed by atoms with Crippen LogP contribution >= 0.6 is 11.6 Å². The number of morpholine rings is 1. The molecule has 178 valence electrons. The highest BCUT2D eigenvalue weighted by Crippen LogP contribution is 2.61. The first kappa shape index (κ1) is 21.7. The Morgan fingerprint density at radius 2 is 2.12 bits per heavy atom. The molecule has 2 amide bonds. The number of aromatic nitrogens is 3. The molecule has 11 heteroatoms. The van der Waals surface area contributed by atoms with E-state index in [0.717, 1.165) is 36.4 Å². The van der Waals surface area contributed by atoms with Crippen LogP contribution in [0.3, 0.4) is 0 Å². The molecule has 6 rings (SSSR count). The maximum absolute atomic E-state index is 14.7. The van der Waals surface area contributed by atoms with Gasteiger partial charge in [-0.15, -0.1) is 0 Å². The van der Waals surface area contributed by atoms with E-state index < -0.39 is 16.9 Å². The number of nitrogens with one attached hydrogen (secondary N) is 1. The molecular weight excluding hydrogens is 461 g/mol. The maximum Gasteiger partial charge on any atom is 0.317 e. The number of hydrogen-bond donors (Lipinski definition) is 1. The van der Waals surface area contributed by atoms with Crippen LogP contribution in [-0.4, -0.2) is 70.0 Å². The highest BCUT2D eigenvalue weighted by atomic mass is 35.5. The van der Waals surface area contributed by atoms with E-state index in [2.05, 4.69) is 30.2 Å². The SMILES string of the molecule is C[C@]1(NC(=O)N2CCOCC2)CCC/C(=N\c2nc(C34CN3c3ncc(Cl)cc34)ncc2F)C1. The molecule has 1 saturated carbocycles. The average molecular weight is 486 g/mol. The van der Waals surface area contributed by atoms with Crippen LogP contribution in [0.1, 0.15) is 44.0 Å². The Balaban J connectivity index is 1.22. The van der Waals surface area contributed by atoms with Crippen LogP contribution in [0.2, 0.25) is 5.02 Å². The van der Waals surface area contributed by atoms with E-state index >= 15 is 0 Å². The molecule has 34 heavy (non-hydrogen) atoms. The van der Waals surface area contributed by atoms with Gasteiger partial charge in [-0.2, -0.15) is 0 Å². The van der Waals surface area contributed by atoms with Crippen LogP contribution in [0.15, 0.2) is 23.5 Å². The molecule has 1 unspecified atom stereocenters. The summed E-state index contributed by atoms with van der Waals surface area (Å²) in [5.41, 5.74) is 0.855. The van der Waals surface area contributed by atoms with Gasteiger partial charge in [-0.3, -0.25) is 0 Å². The minimum absolute atomic E-state index is 0.0356. The number of aliphatic imine (C=N–C) groups is 1. The van der Waals surface area contributed by atoms with Gasteiger partial charge in [0.15, 0.2) is 17.5 Å². The normalized spacial score (nSPS) is 28.7. The fourth-order valence-electron chi connectivity index (χ4n) is 5.29. The summed E-state index contributed by atoms with van der Waals surface area (Å²) in [7, 11) is 0. The van der Waals surface area contributed by atoms with Gasteiger partial charge in [0.1, 0.15) is 11.4 Å². The Kier molecular flexibility index (Phi) is 5.00. The molecule has 4 aliphatic rings. The van der Waals surface area contributed by atoms with Crippen LogP contribution in [-0.2, 0) is 10.3 Å². The third-order valence-electron chi connectivity index (χ3n) is 7.13. The van der Waals surface area contributed by atoms with Crippen LogP contribution in [0.5, 0.6) is 0 Å². The molecule has 2 aromatic rings. The third kappa shape index (κ3) is 3.51. The van der Waals surface area contributed by atoms with E-state index in [1.807, 2.05) is 13.0 Å². The number of nitrogens with zero attached hydrogens (tertiary/aromatic N) is 6. The molecule has 0 aromatic carbocycles. The van der Waals surface area contributed by atoms with Crippen LogP contribution in [0, 0.1) is 5.82 Å². The van der Waals surface area contributed by atoms with Crippen molar-refractivity contribution < 1.29 is 13.9 Å². The zero-order chi connectivity index (χ0) is 23.5. The van der Waals surface area contributed by atoms with Gasteiger partial charge in [-0.1, -0.05) is 11.6 Å². The highest BCUT2D eigenvalue weighted by Gasteiger charge is 2.68. The van der Waals surface area contributed by atoms with Crippen molar-refractivity contribution in [1.29, 1.82) is 0 Å². The van der Waals surface area contributed by atoms with Gasteiger partial charge in [0, 0.05) is 42.5 Å². The Morgan fingerprint density at radius 3 is 2.94 bits per heavy atom. The van der Waals surface area contributed by atoms with E-state index in [4.69, 9.17) is 16.3 Å². The number of carbonyl (C=O) groups is 1. The molecule has 2 aromatic heterocycles. The number of rotatable bonds is 3. The fourth-order valence-corrected chi connectivity index (χ4v) is 5.45. The van der Waals surface area contributed by atoms with Crippen molar-refractivity contribution in [2.75, 3.05) is 37.7 Å². The van der Waals surface area contributed by atoms with E-state index in [0.29, 0.717) is 50.1 Å². The van der Waals surface area contributed by atoms with Crippen molar-refractivity contribution in [3.63, 3.8) is 0 Å². The highest BCUT2D eigenvalue weighted by molar-refractivity contribution is 6.30. The summed E-state index contributed by atoms with van der Waals surface area (Å²) >= 11 is 6.14. The van der Waals surface area contributed by atoms with Gasteiger partial charge >= 0.3 is 6.03 Å². The van der Waals surface area contributed by atoms with Gasteiger partial charge in [0.25, 0.3) is 0 Å². The number of carbonyl (C=O) groups excluding carboxylic acids is 1. The van der Waals surface area contributed by atoms with Gasteiger partial charge in [-0.25, -0.2) is 29.1 Å². The smallest absolute Gasteiger partial charge is 0.317 e. The van der Waals surface area contributed by atoms with E-state index in [1.165, 1.54) is 6.20 Å². The van der Waals surface area contributed by atoms with Crippen LogP contribution in [0.4, 0.5) is 20.8 Å². The summed E-state index contributed by atoms with van der Waals surface area (Å²) in [6.45, 7) is 4.99. The molecule has 2 atom stereocenters. The molecule has 0 radical (unpaired) electrons. The largest absolute Gasteiger partial charge is 0.378 e. The van der Waals surface area contributed by atoms with Gasteiger partial charge in [-0.05, 0) is 32.3 Å². The van der Waals surface area contributed by atoms with Crippen LogP contribution < -0.4 is 10.2 Å². The summed E-state index contributed by atoms with van der Waals surface area (Å²) in [5.74, 6) is 0.843. The minimum Gasteiger partial charge on any atom is -0.378 e. The van der Waals surface area contributed by atoms with E-state index in [9.17, 15) is 9.18 Å². The van der Waals surface area contributed by atoms with Gasteiger partial charge < -0.3 is 19.9 Å². The maximum atomic E-state index is 14.7. The molecule has 5 heterocycles. The number of halogens is 2. The Hall–Kier alpha value is -2.85. The fraction of sp³-hybridized carbons (Fsp3) is 0.522. The lowest BCUT2D eigenvalue weighted by atomic mass is 9.82. The van der Waals surface area contributed by atoms with Crippen molar-refractivity contribution in [3.8, 4) is 0 Å². The molecule has 0 spiro atoms. The van der Waals surface area contributed by atoms with Crippen LogP contribution in [0.25, 0.3) is 0 Å². The number of amides is 2. The second-order valence-electron chi connectivity index (χ2n) is 9.63. The summed E-state index contributed by atoms with van der Waals surface area (Å²) in [4.78, 5) is 34.3. The first-order chi connectivity index (χ1) is 16.4. The van der Waals surface area contributed by atoms with Gasteiger partial charge in [0.2, 0.25) is 0 Å². The molecule has 1 aliphatic carbocycles. The zero-order valence-corrected chi connectivity index (χ0v) is 19.6. The number of pyridine rings is 1. The number of hydrogen-bond acceptors (Lipinski definition) is 7. The van der Waals surface area contributed by atoms with Crippen molar-refractivity contribution in [3.05, 3.63) is 40.7 Å². The molecule has 2 saturated heterocycles. The first-order valence-electron chi connectivity index (χ1n) is 11.6.